The number of rotatable bonds is 8. The van der Waals surface area contributed by atoms with E-state index in [-0.39, 0.29) is 5.56 Å². The van der Waals surface area contributed by atoms with Crippen LogP contribution in [0.4, 0.5) is 5.95 Å². The minimum atomic E-state index is 0.0609. The minimum Gasteiger partial charge on any atom is -0.354 e. The molecule has 0 bridgehead atoms. The summed E-state index contributed by atoms with van der Waals surface area (Å²) < 4.78 is 1.92. The SMILES string of the molecule is CCCCNc1ncc2c3ccc(CN4CCN(C)CC4)cc3c(=O)n(CC3CCC(N)CC3)c2n1. The van der Waals surface area contributed by atoms with E-state index in [2.05, 4.69) is 52.3 Å². The Labute approximate surface area is 213 Å². The van der Waals surface area contributed by atoms with E-state index in [1.807, 2.05) is 10.8 Å². The van der Waals surface area contributed by atoms with Gasteiger partial charge in [-0.25, -0.2) is 4.98 Å². The Morgan fingerprint density at radius 1 is 1.06 bits per heavy atom. The third-order valence-electron chi connectivity index (χ3n) is 8.02. The Morgan fingerprint density at radius 2 is 1.83 bits per heavy atom. The lowest BCUT2D eigenvalue weighted by atomic mass is 9.86. The average Bonchev–Trinajstić information content (AvgIpc) is 2.89. The molecule has 1 saturated carbocycles. The zero-order valence-electron chi connectivity index (χ0n) is 21.9. The molecule has 3 aromatic rings. The highest BCUT2D eigenvalue weighted by molar-refractivity contribution is 6.04. The number of fused-ring (bicyclic) bond motifs is 3. The van der Waals surface area contributed by atoms with Crippen LogP contribution in [0.15, 0.2) is 29.2 Å². The van der Waals surface area contributed by atoms with Crippen molar-refractivity contribution in [2.45, 2.75) is 64.6 Å². The van der Waals surface area contributed by atoms with Crippen molar-refractivity contribution in [1.82, 2.24) is 24.3 Å². The highest BCUT2D eigenvalue weighted by Crippen LogP contribution is 2.28. The number of hydrogen-bond donors (Lipinski definition) is 2. The van der Waals surface area contributed by atoms with Gasteiger partial charge in [-0.15, -0.1) is 0 Å². The molecule has 5 rings (SSSR count). The highest BCUT2D eigenvalue weighted by Gasteiger charge is 2.22. The van der Waals surface area contributed by atoms with Crippen molar-refractivity contribution in [3.05, 3.63) is 40.3 Å². The number of hydrogen-bond acceptors (Lipinski definition) is 7. The second-order valence-corrected chi connectivity index (χ2v) is 10.9. The van der Waals surface area contributed by atoms with Crippen LogP contribution in [0.3, 0.4) is 0 Å². The van der Waals surface area contributed by atoms with Crippen LogP contribution in [0, 0.1) is 5.92 Å². The Bertz CT molecular complexity index is 1240. The van der Waals surface area contributed by atoms with E-state index in [9.17, 15) is 4.79 Å². The molecule has 1 aromatic carbocycles. The van der Waals surface area contributed by atoms with E-state index in [1.54, 1.807) is 0 Å². The van der Waals surface area contributed by atoms with Crippen molar-refractivity contribution in [3.63, 3.8) is 0 Å². The molecule has 0 amide bonds. The van der Waals surface area contributed by atoms with Gasteiger partial charge in [-0.3, -0.25) is 14.3 Å². The first-order chi connectivity index (χ1) is 17.5. The van der Waals surface area contributed by atoms with Gasteiger partial charge in [0.05, 0.1) is 0 Å². The molecule has 2 aromatic heterocycles. The number of benzene rings is 1. The molecule has 1 aliphatic carbocycles. The number of likely N-dealkylation sites (N-methyl/N-ethyl adjacent to an activating group) is 1. The van der Waals surface area contributed by atoms with E-state index in [4.69, 9.17) is 10.7 Å². The van der Waals surface area contributed by atoms with Crippen LogP contribution in [-0.2, 0) is 13.1 Å². The fraction of sp³-hybridized carbons (Fsp3) is 0.607. The van der Waals surface area contributed by atoms with E-state index in [0.29, 0.717) is 24.5 Å². The summed E-state index contributed by atoms with van der Waals surface area (Å²) >= 11 is 0. The van der Waals surface area contributed by atoms with Gasteiger partial charge in [0.15, 0.2) is 0 Å². The molecule has 8 nitrogen and oxygen atoms in total. The molecule has 1 aliphatic heterocycles. The van der Waals surface area contributed by atoms with Crippen LogP contribution >= 0.6 is 0 Å². The van der Waals surface area contributed by atoms with Crippen LogP contribution in [-0.4, -0.2) is 70.1 Å². The van der Waals surface area contributed by atoms with Gasteiger partial charge in [0.25, 0.3) is 5.56 Å². The molecule has 2 aliphatic rings. The third kappa shape index (κ3) is 5.56. The molecular weight excluding hydrogens is 450 g/mol. The van der Waals surface area contributed by atoms with Crippen molar-refractivity contribution in [1.29, 1.82) is 0 Å². The number of nitrogens with one attached hydrogen (secondary N) is 1. The Hall–Kier alpha value is -2.55. The van der Waals surface area contributed by atoms with E-state index < -0.39 is 0 Å². The van der Waals surface area contributed by atoms with E-state index in [0.717, 1.165) is 99.6 Å². The maximum atomic E-state index is 14.0. The number of aromatic nitrogens is 3. The van der Waals surface area contributed by atoms with Crippen LogP contribution < -0.4 is 16.6 Å². The maximum Gasteiger partial charge on any atom is 0.260 e. The fourth-order valence-corrected chi connectivity index (χ4v) is 5.64. The normalized spacial score (nSPS) is 21.9. The first-order valence-corrected chi connectivity index (χ1v) is 13.7. The molecule has 194 valence electrons. The van der Waals surface area contributed by atoms with Crippen molar-refractivity contribution in [2.24, 2.45) is 11.7 Å². The quantitative estimate of drug-likeness (QED) is 0.368. The number of anilines is 1. The summed E-state index contributed by atoms with van der Waals surface area (Å²) in [5.74, 6) is 1.05. The minimum absolute atomic E-state index is 0.0609. The monoisotopic (exact) mass is 491 g/mol. The van der Waals surface area contributed by atoms with Gasteiger partial charge >= 0.3 is 0 Å². The van der Waals surface area contributed by atoms with Crippen molar-refractivity contribution >= 4 is 27.8 Å². The topological polar surface area (TPSA) is 92.3 Å². The molecule has 0 radical (unpaired) electrons. The first kappa shape index (κ1) is 25.1. The van der Waals surface area contributed by atoms with Crippen molar-refractivity contribution in [3.8, 4) is 0 Å². The van der Waals surface area contributed by atoms with Gasteiger partial charge in [0.2, 0.25) is 5.95 Å². The third-order valence-corrected chi connectivity index (χ3v) is 8.02. The Kier molecular flexibility index (Phi) is 7.84. The number of pyridine rings is 1. The highest BCUT2D eigenvalue weighted by atomic mass is 16.1. The molecule has 1 saturated heterocycles. The smallest absolute Gasteiger partial charge is 0.260 e. The van der Waals surface area contributed by atoms with Gasteiger partial charge in [-0.2, -0.15) is 4.98 Å². The van der Waals surface area contributed by atoms with Gasteiger partial charge < -0.3 is 16.0 Å². The summed E-state index contributed by atoms with van der Waals surface area (Å²) in [6, 6.07) is 6.66. The molecule has 8 heteroatoms. The predicted octanol–water partition coefficient (Wildman–Crippen LogP) is 3.42. The molecule has 0 spiro atoms. The van der Waals surface area contributed by atoms with E-state index in [1.165, 1.54) is 5.56 Å². The zero-order chi connectivity index (χ0) is 25.1. The number of piperazine rings is 1. The summed E-state index contributed by atoms with van der Waals surface area (Å²) in [5.41, 5.74) is 8.15. The van der Waals surface area contributed by atoms with Crippen LogP contribution in [0.2, 0.25) is 0 Å². The fourth-order valence-electron chi connectivity index (χ4n) is 5.64. The van der Waals surface area contributed by atoms with Gasteiger partial charge in [-0.05, 0) is 62.1 Å². The standard InChI is InChI=1S/C28H41N7O/c1-3-4-11-30-28-31-17-25-23-10-7-21(18-34-14-12-33(2)13-15-34)16-24(23)27(36)35(26(25)32-28)19-20-5-8-22(29)9-6-20/h7,10,16-17,20,22H,3-6,8-9,11-15,18-19,29H2,1-2H3,(H,30,31,32). The van der Waals surface area contributed by atoms with Gasteiger partial charge in [-0.1, -0.05) is 25.5 Å². The molecule has 0 atom stereocenters. The number of nitrogens with two attached hydrogens (primary N) is 1. The lowest BCUT2D eigenvalue weighted by Crippen LogP contribution is -2.43. The van der Waals surface area contributed by atoms with Crippen LogP contribution in [0.1, 0.15) is 51.0 Å². The largest absolute Gasteiger partial charge is 0.354 e. The molecular formula is C28H41N7O. The lowest BCUT2D eigenvalue weighted by molar-refractivity contribution is 0.148. The first-order valence-electron chi connectivity index (χ1n) is 13.7. The second-order valence-electron chi connectivity index (χ2n) is 10.9. The number of unbranched alkanes of at least 4 members (excludes halogenated alkanes) is 1. The average molecular weight is 492 g/mol. The molecule has 3 heterocycles. The van der Waals surface area contributed by atoms with Crippen LogP contribution in [0.5, 0.6) is 0 Å². The predicted molar refractivity (Wildman–Crippen MR) is 147 cm³/mol. The second kappa shape index (κ2) is 11.2. The summed E-state index contributed by atoms with van der Waals surface area (Å²) in [6.45, 7) is 8.84. The molecule has 3 N–H and O–H groups in total. The number of nitrogens with zero attached hydrogens (tertiary/aromatic N) is 5. The summed E-state index contributed by atoms with van der Waals surface area (Å²) in [7, 11) is 2.17. The summed E-state index contributed by atoms with van der Waals surface area (Å²) in [6.07, 6.45) is 8.23. The Morgan fingerprint density at radius 3 is 2.58 bits per heavy atom. The van der Waals surface area contributed by atoms with Gasteiger partial charge in [0, 0.05) is 68.8 Å². The molecule has 36 heavy (non-hydrogen) atoms. The molecule has 0 unspecified atom stereocenters. The van der Waals surface area contributed by atoms with Crippen LogP contribution in [0.25, 0.3) is 21.8 Å². The molecule has 2 fully saturated rings. The summed E-state index contributed by atoms with van der Waals surface area (Å²) in [4.78, 5) is 28.3. The van der Waals surface area contributed by atoms with Crippen molar-refractivity contribution in [2.75, 3.05) is 45.1 Å². The zero-order valence-corrected chi connectivity index (χ0v) is 21.9. The summed E-state index contributed by atoms with van der Waals surface area (Å²) in [5, 5.41) is 6.00. The van der Waals surface area contributed by atoms with Gasteiger partial charge in [0.1, 0.15) is 5.65 Å². The maximum absolute atomic E-state index is 14.0. The van der Waals surface area contributed by atoms with E-state index >= 15 is 0 Å². The Balaban J connectivity index is 1.53. The lowest BCUT2D eigenvalue weighted by Gasteiger charge is -2.32. The van der Waals surface area contributed by atoms with Crippen molar-refractivity contribution < 1.29 is 0 Å².